The molecule has 0 saturated heterocycles. The van der Waals surface area contributed by atoms with Crippen molar-refractivity contribution in [2.75, 3.05) is 0 Å². The minimum atomic E-state index is 1.04. The Morgan fingerprint density at radius 1 is 0.607 bits per heavy atom. The molecule has 0 aromatic heterocycles. The lowest BCUT2D eigenvalue weighted by Crippen LogP contribution is -1.99. The van der Waals surface area contributed by atoms with Crippen LogP contribution in [0.1, 0.15) is 57.1 Å². The highest BCUT2D eigenvalue weighted by atomic mass is 14.1. The van der Waals surface area contributed by atoms with Crippen molar-refractivity contribution in [1.82, 2.24) is 0 Å². The van der Waals surface area contributed by atoms with Gasteiger partial charge in [-0.15, -0.1) is 0 Å². The Bertz CT molecular complexity index is 625. The maximum absolute atomic E-state index is 2.36. The summed E-state index contributed by atoms with van der Waals surface area (Å²) in [4.78, 5) is 0. The summed E-state index contributed by atoms with van der Waals surface area (Å²) >= 11 is 0. The van der Waals surface area contributed by atoms with Crippen LogP contribution >= 0.6 is 0 Å². The van der Waals surface area contributed by atoms with Gasteiger partial charge in [0.1, 0.15) is 0 Å². The largest absolute Gasteiger partial charge is 0.0625 e. The van der Waals surface area contributed by atoms with Crippen LogP contribution in [0.25, 0.3) is 0 Å². The van der Waals surface area contributed by atoms with E-state index in [1.807, 2.05) is 60.7 Å². The zero-order valence-electron chi connectivity index (χ0n) is 18.1. The van der Waals surface area contributed by atoms with Gasteiger partial charge in [-0.25, -0.2) is 0 Å². The van der Waals surface area contributed by atoms with E-state index in [2.05, 4.69) is 57.2 Å². The summed E-state index contributed by atoms with van der Waals surface area (Å²) in [5.74, 6) is 1.04. The molecule has 0 heteroatoms. The Morgan fingerprint density at radius 2 is 1.00 bits per heavy atom. The third-order valence-corrected chi connectivity index (χ3v) is 4.75. The van der Waals surface area contributed by atoms with Gasteiger partial charge >= 0.3 is 0 Å². The van der Waals surface area contributed by atoms with Crippen LogP contribution in [0.15, 0.2) is 97.1 Å². The van der Waals surface area contributed by atoms with Crippen LogP contribution in [0.5, 0.6) is 0 Å². The molecule has 0 aliphatic heterocycles. The fourth-order valence-electron chi connectivity index (χ4n) is 2.94. The van der Waals surface area contributed by atoms with Gasteiger partial charge < -0.3 is 0 Å². The predicted molar refractivity (Wildman–Crippen MR) is 126 cm³/mol. The molecule has 4 rings (SSSR count). The molecule has 3 aromatic carbocycles. The first-order valence-corrected chi connectivity index (χ1v) is 10.8. The molecular weight excluding hydrogens is 336 g/mol. The van der Waals surface area contributed by atoms with E-state index in [1.165, 1.54) is 43.2 Å². The molecular formula is C28H38. The predicted octanol–water partition coefficient (Wildman–Crippen LogP) is 8.52. The molecule has 0 radical (unpaired) electrons. The lowest BCUT2D eigenvalue weighted by atomic mass is 9.91. The van der Waals surface area contributed by atoms with Gasteiger partial charge in [0, 0.05) is 0 Å². The molecule has 0 unspecified atom stereocenters. The number of rotatable bonds is 1. The first-order valence-electron chi connectivity index (χ1n) is 10.8. The van der Waals surface area contributed by atoms with Crippen molar-refractivity contribution in [3.05, 3.63) is 108 Å². The van der Waals surface area contributed by atoms with Crippen LogP contribution in [0.4, 0.5) is 0 Å². The zero-order valence-corrected chi connectivity index (χ0v) is 18.1. The van der Waals surface area contributed by atoms with E-state index in [1.54, 1.807) is 0 Å². The third-order valence-electron chi connectivity index (χ3n) is 4.75. The zero-order chi connectivity index (χ0) is 20.3. The number of benzene rings is 3. The fraction of sp³-hybridized carbons (Fsp3) is 0.357. The fourth-order valence-corrected chi connectivity index (χ4v) is 2.94. The first kappa shape index (κ1) is 23.7. The molecule has 0 amide bonds. The molecule has 0 nitrogen and oxygen atoms in total. The average Bonchev–Trinajstić information content (AvgIpc) is 2.78. The molecule has 0 spiro atoms. The minimum absolute atomic E-state index is 1.04. The Labute approximate surface area is 173 Å². The van der Waals surface area contributed by atoms with Gasteiger partial charge in [0.25, 0.3) is 0 Å². The summed E-state index contributed by atoms with van der Waals surface area (Å²) in [5.41, 5.74) is 2.73. The summed E-state index contributed by atoms with van der Waals surface area (Å²) in [5, 5.41) is 0. The number of aryl methyl sites for hydroxylation is 2. The summed E-state index contributed by atoms with van der Waals surface area (Å²) in [6, 6.07) is 32.7. The number of hydrogen-bond donors (Lipinski definition) is 0. The molecule has 1 aliphatic rings. The first-order chi connectivity index (χ1) is 13.7. The molecule has 0 heterocycles. The molecule has 0 bridgehead atoms. The Morgan fingerprint density at radius 3 is 1.25 bits per heavy atom. The third kappa shape index (κ3) is 13.8. The van der Waals surface area contributed by atoms with Crippen molar-refractivity contribution in [1.29, 1.82) is 0 Å². The molecule has 1 saturated carbocycles. The van der Waals surface area contributed by atoms with E-state index < -0.39 is 0 Å². The Balaban J connectivity index is 0.000000188. The van der Waals surface area contributed by atoms with Crippen molar-refractivity contribution in [2.24, 2.45) is 5.92 Å². The molecule has 28 heavy (non-hydrogen) atoms. The molecule has 1 fully saturated rings. The van der Waals surface area contributed by atoms with Crippen molar-refractivity contribution in [3.63, 3.8) is 0 Å². The highest BCUT2D eigenvalue weighted by Crippen LogP contribution is 2.22. The van der Waals surface area contributed by atoms with E-state index in [9.17, 15) is 0 Å². The quantitative estimate of drug-likeness (QED) is 0.400. The van der Waals surface area contributed by atoms with Crippen LogP contribution in [-0.4, -0.2) is 0 Å². The van der Waals surface area contributed by atoms with Gasteiger partial charge in [-0.2, -0.15) is 0 Å². The van der Waals surface area contributed by atoms with Crippen molar-refractivity contribution >= 4 is 0 Å². The maximum Gasteiger partial charge on any atom is -0.0307 e. The second-order valence-electron chi connectivity index (χ2n) is 7.39. The van der Waals surface area contributed by atoms with Crippen LogP contribution in [0, 0.1) is 12.8 Å². The van der Waals surface area contributed by atoms with E-state index in [-0.39, 0.29) is 0 Å². The van der Waals surface area contributed by atoms with E-state index in [0.29, 0.717) is 0 Å². The topological polar surface area (TPSA) is 0 Å². The van der Waals surface area contributed by atoms with Crippen LogP contribution in [0.3, 0.4) is 0 Å². The van der Waals surface area contributed by atoms with Gasteiger partial charge in [-0.1, -0.05) is 149 Å². The van der Waals surface area contributed by atoms with Gasteiger partial charge in [0.05, 0.1) is 0 Å². The normalized spacial score (nSPS) is 12.8. The second-order valence-corrected chi connectivity index (χ2v) is 7.39. The van der Waals surface area contributed by atoms with Crippen LogP contribution in [-0.2, 0) is 6.42 Å². The van der Waals surface area contributed by atoms with E-state index >= 15 is 0 Å². The molecule has 0 N–H and O–H groups in total. The second kappa shape index (κ2) is 16.8. The van der Waals surface area contributed by atoms with Crippen molar-refractivity contribution in [2.45, 2.75) is 59.3 Å². The van der Waals surface area contributed by atoms with Crippen LogP contribution < -0.4 is 0 Å². The van der Waals surface area contributed by atoms with Crippen molar-refractivity contribution < 1.29 is 0 Å². The van der Waals surface area contributed by atoms with E-state index in [0.717, 1.165) is 12.3 Å². The van der Waals surface area contributed by atoms with Crippen molar-refractivity contribution in [3.8, 4) is 0 Å². The molecule has 150 valence electrons. The average molecular weight is 375 g/mol. The number of hydrogen-bond acceptors (Lipinski definition) is 0. The standard InChI is InChI=1S/C8H10.C7H14.C7H8.C6H6/c1-2-8-6-4-3-5-7-8;2*1-7-5-3-2-4-6-7;1-2-4-6-5-3-1/h3-7H,2H2,1H3;7H,2-6H2,1H3;2-6H,1H3;1-6H. The summed E-state index contributed by atoms with van der Waals surface area (Å²) in [6.45, 7) is 6.61. The minimum Gasteiger partial charge on any atom is -0.0625 e. The highest BCUT2D eigenvalue weighted by molar-refractivity contribution is 5.14. The lowest BCUT2D eigenvalue weighted by Gasteiger charge is -2.15. The summed E-state index contributed by atoms with van der Waals surface area (Å²) in [7, 11) is 0. The molecule has 1 aliphatic carbocycles. The van der Waals surface area contributed by atoms with Gasteiger partial charge in [0.2, 0.25) is 0 Å². The SMILES string of the molecule is CC1CCCCC1.CCc1ccccc1.Cc1ccccc1.c1ccccc1. The van der Waals surface area contributed by atoms with Gasteiger partial charge in [-0.3, -0.25) is 0 Å². The lowest BCUT2D eigenvalue weighted by molar-refractivity contribution is 0.385. The summed E-state index contributed by atoms with van der Waals surface area (Å²) < 4.78 is 0. The smallest absolute Gasteiger partial charge is 0.0307 e. The van der Waals surface area contributed by atoms with Gasteiger partial charge in [-0.05, 0) is 24.8 Å². The van der Waals surface area contributed by atoms with E-state index in [4.69, 9.17) is 0 Å². The van der Waals surface area contributed by atoms with Gasteiger partial charge in [0.15, 0.2) is 0 Å². The monoisotopic (exact) mass is 374 g/mol. The highest BCUT2D eigenvalue weighted by Gasteiger charge is 2.05. The summed E-state index contributed by atoms with van der Waals surface area (Å²) in [6.07, 6.45) is 8.58. The maximum atomic E-state index is 2.36. The Kier molecular flexibility index (Phi) is 14.2. The Hall–Kier alpha value is -2.34. The molecule has 0 atom stereocenters. The molecule has 3 aromatic rings. The van der Waals surface area contributed by atoms with Crippen LogP contribution in [0.2, 0.25) is 0 Å².